The van der Waals surface area contributed by atoms with Crippen LogP contribution in [0, 0.1) is 5.82 Å². The molecule has 0 atom stereocenters. The Morgan fingerprint density at radius 3 is 2.62 bits per heavy atom. The van der Waals surface area contributed by atoms with E-state index in [2.05, 4.69) is 21.2 Å². The zero-order valence-corrected chi connectivity index (χ0v) is 13.6. The van der Waals surface area contributed by atoms with Crippen LogP contribution in [0.5, 0.6) is 0 Å². The Hall–Kier alpha value is -1.40. The second kappa shape index (κ2) is 6.15. The fraction of sp³-hybridized carbons (Fsp3) is 0.267. The maximum Gasteiger partial charge on any atom is 0.265 e. The van der Waals surface area contributed by atoms with E-state index in [1.54, 1.807) is 18.2 Å². The van der Waals surface area contributed by atoms with Gasteiger partial charge in [-0.2, -0.15) is 0 Å². The normalized spacial score (nSPS) is 14.5. The largest absolute Gasteiger partial charge is 0.369 e. The molecule has 1 saturated heterocycles. The second-order valence-corrected chi connectivity index (χ2v) is 7.38. The number of carbonyl (C=O) groups excluding carboxylic acids is 1. The minimum atomic E-state index is -0.290. The fourth-order valence-corrected chi connectivity index (χ4v) is 3.71. The molecular formula is C15H14BrFN2OS. The first-order valence-corrected chi connectivity index (χ1v) is 8.35. The van der Waals surface area contributed by atoms with E-state index in [1.807, 2.05) is 11.0 Å². The Balaban J connectivity index is 1.74. The number of anilines is 2. The molecule has 2 aromatic rings. The van der Waals surface area contributed by atoms with Gasteiger partial charge in [0.05, 0.1) is 14.4 Å². The monoisotopic (exact) mass is 368 g/mol. The second-order valence-electron chi connectivity index (χ2n) is 4.92. The van der Waals surface area contributed by atoms with Crippen LogP contribution in [-0.2, 0) is 0 Å². The molecule has 1 N–H and O–H groups in total. The molecule has 0 radical (unpaired) electrons. The predicted molar refractivity (Wildman–Crippen MR) is 87.8 cm³/mol. The molecule has 0 unspecified atom stereocenters. The van der Waals surface area contributed by atoms with Crippen LogP contribution in [0.15, 0.2) is 34.1 Å². The molecule has 21 heavy (non-hydrogen) atoms. The number of benzene rings is 1. The Morgan fingerprint density at radius 1 is 1.24 bits per heavy atom. The number of thiophene rings is 1. The summed E-state index contributed by atoms with van der Waals surface area (Å²) in [6, 6.07) is 8.42. The summed E-state index contributed by atoms with van der Waals surface area (Å²) < 4.78 is 15.1. The minimum Gasteiger partial charge on any atom is -0.369 e. The fourth-order valence-electron chi connectivity index (χ4n) is 2.43. The number of nitrogens with one attached hydrogen (secondary N) is 1. The number of hydrogen-bond donors (Lipinski definition) is 1. The molecule has 0 bridgehead atoms. The minimum absolute atomic E-state index is 0.223. The van der Waals surface area contributed by atoms with Crippen LogP contribution in [0.25, 0.3) is 0 Å². The Kier molecular flexibility index (Phi) is 4.26. The van der Waals surface area contributed by atoms with Crippen molar-refractivity contribution in [2.45, 2.75) is 12.8 Å². The Labute approximate surface area is 134 Å². The summed E-state index contributed by atoms with van der Waals surface area (Å²) in [7, 11) is 0. The van der Waals surface area contributed by atoms with Gasteiger partial charge in [0.25, 0.3) is 5.91 Å². The molecule has 1 aliphatic rings. The summed E-state index contributed by atoms with van der Waals surface area (Å²) in [4.78, 5) is 14.7. The summed E-state index contributed by atoms with van der Waals surface area (Å²) in [5.74, 6) is -0.513. The highest BCUT2D eigenvalue weighted by Crippen LogP contribution is 2.27. The summed E-state index contributed by atoms with van der Waals surface area (Å²) >= 11 is 4.66. The van der Waals surface area contributed by atoms with E-state index in [4.69, 9.17) is 0 Å². The van der Waals surface area contributed by atoms with E-state index < -0.39 is 0 Å². The van der Waals surface area contributed by atoms with E-state index in [-0.39, 0.29) is 11.7 Å². The molecule has 1 fully saturated rings. The van der Waals surface area contributed by atoms with Crippen LogP contribution < -0.4 is 10.2 Å². The molecule has 1 amide bonds. The topological polar surface area (TPSA) is 32.3 Å². The van der Waals surface area contributed by atoms with Crippen molar-refractivity contribution in [3.05, 3.63) is 44.8 Å². The van der Waals surface area contributed by atoms with Crippen LogP contribution >= 0.6 is 27.3 Å². The van der Waals surface area contributed by atoms with Crippen molar-refractivity contribution in [1.29, 1.82) is 0 Å². The maximum absolute atomic E-state index is 14.2. The maximum atomic E-state index is 14.2. The van der Waals surface area contributed by atoms with Crippen molar-refractivity contribution in [2.75, 3.05) is 23.3 Å². The quantitative estimate of drug-likeness (QED) is 0.864. The van der Waals surface area contributed by atoms with Gasteiger partial charge in [0.2, 0.25) is 0 Å². The van der Waals surface area contributed by atoms with Gasteiger partial charge in [-0.05, 0) is 59.1 Å². The van der Waals surface area contributed by atoms with Crippen molar-refractivity contribution in [3.8, 4) is 0 Å². The number of hydrogen-bond acceptors (Lipinski definition) is 3. The number of rotatable bonds is 3. The Morgan fingerprint density at radius 2 is 2.00 bits per heavy atom. The SMILES string of the molecule is O=C(Nc1ccc(N2CCCC2)c(F)c1)c1ccc(Br)s1. The lowest BCUT2D eigenvalue weighted by molar-refractivity contribution is 0.103. The van der Waals surface area contributed by atoms with E-state index in [0.29, 0.717) is 16.3 Å². The first kappa shape index (κ1) is 14.5. The van der Waals surface area contributed by atoms with Crippen molar-refractivity contribution >= 4 is 44.5 Å². The molecule has 0 spiro atoms. The molecule has 0 saturated carbocycles. The molecule has 1 aromatic heterocycles. The van der Waals surface area contributed by atoms with Crippen LogP contribution in [0.1, 0.15) is 22.5 Å². The Bertz CT molecular complexity index is 667. The van der Waals surface area contributed by atoms with E-state index in [0.717, 1.165) is 29.7 Å². The standard InChI is InChI=1S/C15H14BrFN2OS/c16-14-6-5-13(21-14)15(20)18-10-3-4-12(11(17)9-10)19-7-1-2-8-19/h3-6,9H,1-2,7-8H2,(H,18,20). The molecule has 1 aromatic carbocycles. The van der Waals surface area contributed by atoms with E-state index in [1.165, 1.54) is 17.4 Å². The van der Waals surface area contributed by atoms with Crippen LogP contribution in [-0.4, -0.2) is 19.0 Å². The number of amides is 1. The molecule has 0 aliphatic carbocycles. The van der Waals surface area contributed by atoms with Crippen molar-refractivity contribution < 1.29 is 9.18 Å². The van der Waals surface area contributed by atoms with Gasteiger partial charge in [0.15, 0.2) is 0 Å². The van der Waals surface area contributed by atoms with Crippen LogP contribution in [0.2, 0.25) is 0 Å². The zero-order valence-electron chi connectivity index (χ0n) is 11.2. The van der Waals surface area contributed by atoms with Gasteiger partial charge in [-0.3, -0.25) is 4.79 Å². The number of halogens is 2. The van der Waals surface area contributed by atoms with Crippen molar-refractivity contribution in [1.82, 2.24) is 0 Å². The highest BCUT2D eigenvalue weighted by molar-refractivity contribution is 9.11. The molecular weight excluding hydrogens is 355 g/mol. The number of nitrogens with zero attached hydrogens (tertiary/aromatic N) is 1. The van der Waals surface area contributed by atoms with E-state index >= 15 is 0 Å². The summed E-state index contributed by atoms with van der Waals surface area (Å²) in [6.45, 7) is 1.79. The highest BCUT2D eigenvalue weighted by Gasteiger charge is 2.17. The third kappa shape index (κ3) is 3.27. The average Bonchev–Trinajstić information content (AvgIpc) is 3.10. The van der Waals surface area contributed by atoms with Crippen LogP contribution in [0.4, 0.5) is 15.8 Å². The third-order valence-corrected chi connectivity index (χ3v) is 5.07. The molecule has 1 aliphatic heterocycles. The molecule has 6 heteroatoms. The lowest BCUT2D eigenvalue weighted by atomic mass is 10.2. The van der Waals surface area contributed by atoms with Crippen molar-refractivity contribution in [2.24, 2.45) is 0 Å². The third-order valence-electron chi connectivity index (χ3n) is 3.45. The van der Waals surface area contributed by atoms with Gasteiger partial charge in [-0.25, -0.2) is 4.39 Å². The lowest BCUT2D eigenvalue weighted by Gasteiger charge is -2.18. The van der Waals surface area contributed by atoms with Gasteiger partial charge < -0.3 is 10.2 Å². The lowest BCUT2D eigenvalue weighted by Crippen LogP contribution is -2.19. The van der Waals surface area contributed by atoms with Gasteiger partial charge in [-0.15, -0.1) is 11.3 Å². The van der Waals surface area contributed by atoms with Gasteiger partial charge >= 0.3 is 0 Å². The van der Waals surface area contributed by atoms with Gasteiger partial charge in [-0.1, -0.05) is 0 Å². The first-order chi connectivity index (χ1) is 10.1. The highest BCUT2D eigenvalue weighted by atomic mass is 79.9. The molecule has 110 valence electrons. The van der Waals surface area contributed by atoms with Gasteiger partial charge in [0, 0.05) is 18.8 Å². The number of carbonyl (C=O) groups is 1. The predicted octanol–water partition coefficient (Wildman–Crippen LogP) is 4.50. The van der Waals surface area contributed by atoms with Crippen molar-refractivity contribution in [3.63, 3.8) is 0 Å². The summed E-state index contributed by atoms with van der Waals surface area (Å²) in [5, 5.41) is 2.72. The molecule has 3 rings (SSSR count). The smallest absolute Gasteiger partial charge is 0.265 e. The van der Waals surface area contributed by atoms with Gasteiger partial charge in [0.1, 0.15) is 5.82 Å². The van der Waals surface area contributed by atoms with E-state index in [9.17, 15) is 9.18 Å². The summed E-state index contributed by atoms with van der Waals surface area (Å²) in [6.07, 6.45) is 2.20. The first-order valence-electron chi connectivity index (χ1n) is 6.75. The molecule has 3 nitrogen and oxygen atoms in total. The van der Waals surface area contributed by atoms with Crippen LogP contribution in [0.3, 0.4) is 0 Å². The molecule has 2 heterocycles. The zero-order chi connectivity index (χ0) is 14.8. The average molecular weight is 369 g/mol. The summed E-state index contributed by atoms with van der Waals surface area (Å²) in [5.41, 5.74) is 1.09.